The minimum absolute atomic E-state index is 0.262. The Morgan fingerprint density at radius 3 is 2.50 bits per heavy atom. The van der Waals surface area contributed by atoms with E-state index in [4.69, 9.17) is 11.6 Å². The summed E-state index contributed by atoms with van der Waals surface area (Å²) in [6.07, 6.45) is 2.81. The summed E-state index contributed by atoms with van der Waals surface area (Å²) in [6.45, 7) is 8.30. The lowest BCUT2D eigenvalue weighted by molar-refractivity contribution is 0.541. The molecule has 0 fully saturated rings. The fourth-order valence-electron chi connectivity index (χ4n) is 1.55. The molecule has 1 atom stereocenters. The normalized spacial score (nSPS) is 12.9. The maximum atomic E-state index is 5.92. The van der Waals surface area contributed by atoms with Gasteiger partial charge in [-0.05, 0) is 26.2 Å². The molecule has 0 aliphatic rings. The summed E-state index contributed by atoms with van der Waals surface area (Å²) in [5.74, 6) is 2.03. The third kappa shape index (κ3) is 3.97. The van der Waals surface area contributed by atoms with E-state index in [2.05, 4.69) is 29.1 Å². The van der Waals surface area contributed by atoms with Crippen molar-refractivity contribution in [2.24, 2.45) is 5.92 Å². The highest BCUT2D eigenvalue weighted by Crippen LogP contribution is 2.13. The van der Waals surface area contributed by atoms with E-state index in [1.54, 1.807) is 6.20 Å². The molecule has 1 N–H and O–H groups in total. The van der Waals surface area contributed by atoms with E-state index in [1.165, 1.54) is 0 Å². The minimum Gasteiger partial charge on any atom is -0.365 e. The maximum Gasteiger partial charge on any atom is 0.145 e. The summed E-state index contributed by atoms with van der Waals surface area (Å²) >= 11 is 5.92. The van der Waals surface area contributed by atoms with E-state index in [0.29, 0.717) is 11.8 Å². The largest absolute Gasteiger partial charge is 0.365 e. The summed E-state index contributed by atoms with van der Waals surface area (Å²) in [6, 6.07) is 0.262. The number of rotatable bonds is 5. The highest BCUT2D eigenvalue weighted by Gasteiger charge is 2.10. The second-order valence-electron chi connectivity index (χ2n) is 4.55. The molecule has 0 aliphatic heterocycles. The van der Waals surface area contributed by atoms with E-state index >= 15 is 0 Å². The van der Waals surface area contributed by atoms with Crippen LogP contribution < -0.4 is 5.32 Å². The Morgan fingerprint density at radius 2 is 2.00 bits per heavy atom. The van der Waals surface area contributed by atoms with Crippen molar-refractivity contribution in [3.05, 3.63) is 17.6 Å². The molecule has 0 aliphatic carbocycles. The van der Waals surface area contributed by atoms with Crippen LogP contribution in [0.4, 0.5) is 5.82 Å². The number of hydrogen-bond donors (Lipinski definition) is 1. The van der Waals surface area contributed by atoms with Gasteiger partial charge >= 0.3 is 0 Å². The van der Waals surface area contributed by atoms with Gasteiger partial charge in [0, 0.05) is 11.9 Å². The van der Waals surface area contributed by atoms with E-state index in [-0.39, 0.29) is 6.04 Å². The van der Waals surface area contributed by atoms with Crippen molar-refractivity contribution in [3.63, 3.8) is 0 Å². The van der Waals surface area contributed by atoms with Crippen LogP contribution >= 0.6 is 11.6 Å². The third-order valence-electron chi connectivity index (χ3n) is 2.49. The molecule has 1 heterocycles. The molecule has 1 rings (SSSR count). The molecule has 0 bridgehead atoms. The molecule has 0 spiro atoms. The Balaban J connectivity index is 2.66. The van der Waals surface area contributed by atoms with Crippen molar-refractivity contribution in [2.75, 3.05) is 11.2 Å². The molecule has 90 valence electrons. The van der Waals surface area contributed by atoms with E-state index in [1.807, 2.05) is 13.8 Å². The molecular weight excluding hydrogens is 222 g/mol. The molecule has 0 radical (unpaired) electrons. The lowest BCUT2D eigenvalue weighted by Crippen LogP contribution is -2.24. The van der Waals surface area contributed by atoms with Gasteiger partial charge in [-0.25, -0.2) is 4.98 Å². The van der Waals surface area contributed by atoms with Crippen molar-refractivity contribution < 1.29 is 0 Å². The molecule has 3 nitrogen and oxygen atoms in total. The molecule has 16 heavy (non-hydrogen) atoms. The first-order valence-electron chi connectivity index (χ1n) is 5.65. The number of alkyl halides is 1. The van der Waals surface area contributed by atoms with E-state index in [0.717, 1.165) is 23.6 Å². The molecule has 1 aromatic rings. The Hall–Kier alpha value is -0.830. The molecule has 0 saturated heterocycles. The number of nitrogens with zero attached hydrogens (tertiary/aromatic N) is 2. The number of aryl methyl sites for hydroxylation is 2. The van der Waals surface area contributed by atoms with Crippen LogP contribution in [0.5, 0.6) is 0 Å². The second kappa shape index (κ2) is 6.04. The number of nitrogens with one attached hydrogen (secondary N) is 1. The van der Waals surface area contributed by atoms with Crippen LogP contribution in [0.3, 0.4) is 0 Å². The van der Waals surface area contributed by atoms with Gasteiger partial charge in [0.05, 0.1) is 17.6 Å². The van der Waals surface area contributed by atoms with Crippen LogP contribution in [-0.2, 0) is 0 Å². The van der Waals surface area contributed by atoms with Gasteiger partial charge in [0.1, 0.15) is 5.82 Å². The van der Waals surface area contributed by atoms with Crippen LogP contribution in [0, 0.1) is 19.8 Å². The van der Waals surface area contributed by atoms with Crippen LogP contribution in [0.15, 0.2) is 6.20 Å². The number of aromatic nitrogens is 2. The topological polar surface area (TPSA) is 37.8 Å². The maximum absolute atomic E-state index is 5.92. The standard InChI is InChI=1S/C12H20ClN3/c1-8(2)5-11(6-13)16-12-7-14-9(3)10(4)15-12/h7-8,11H,5-6H2,1-4H3,(H,15,16). The van der Waals surface area contributed by atoms with Gasteiger partial charge < -0.3 is 5.32 Å². The summed E-state index contributed by atoms with van der Waals surface area (Å²) in [7, 11) is 0. The number of hydrogen-bond acceptors (Lipinski definition) is 3. The zero-order valence-electron chi connectivity index (χ0n) is 10.4. The minimum atomic E-state index is 0.262. The Kier molecular flexibility index (Phi) is 5.00. The highest BCUT2D eigenvalue weighted by atomic mass is 35.5. The molecule has 1 aromatic heterocycles. The summed E-state index contributed by atoms with van der Waals surface area (Å²) < 4.78 is 0. The van der Waals surface area contributed by atoms with Crippen LogP contribution in [0.1, 0.15) is 31.7 Å². The number of halogens is 1. The molecule has 0 amide bonds. The predicted octanol–water partition coefficient (Wildman–Crippen LogP) is 3.16. The molecule has 1 unspecified atom stereocenters. The lowest BCUT2D eigenvalue weighted by atomic mass is 10.1. The van der Waals surface area contributed by atoms with Gasteiger partial charge in [-0.1, -0.05) is 13.8 Å². The quantitative estimate of drug-likeness (QED) is 0.805. The van der Waals surface area contributed by atoms with Crippen molar-refractivity contribution >= 4 is 17.4 Å². The first-order valence-corrected chi connectivity index (χ1v) is 6.19. The summed E-state index contributed by atoms with van der Waals surface area (Å²) in [5.41, 5.74) is 1.93. The average molecular weight is 242 g/mol. The zero-order chi connectivity index (χ0) is 12.1. The molecule has 0 saturated carbocycles. The monoisotopic (exact) mass is 241 g/mol. The SMILES string of the molecule is Cc1ncc(NC(CCl)CC(C)C)nc1C. The number of anilines is 1. The third-order valence-corrected chi connectivity index (χ3v) is 2.86. The Labute approximate surface area is 103 Å². The Bertz CT molecular complexity index is 339. The summed E-state index contributed by atoms with van der Waals surface area (Å²) in [5, 5.41) is 3.32. The lowest BCUT2D eigenvalue weighted by Gasteiger charge is -2.18. The van der Waals surface area contributed by atoms with Gasteiger partial charge in [-0.3, -0.25) is 4.98 Å². The molecule has 0 aromatic carbocycles. The van der Waals surface area contributed by atoms with Crippen molar-refractivity contribution in [2.45, 2.75) is 40.2 Å². The first-order chi connectivity index (χ1) is 7.52. The molecular formula is C12H20ClN3. The van der Waals surface area contributed by atoms with Crippen LogP contribution in [0.25, 0.3) is 0 Å². The molecule has 4 heteroatoms. The van der Waals surface area contributed by atoms with E-state index in [9.17, 15) is 0 Å². The van der Waals surface area contributed by atoms with Crippen molar-refractivity contribution in [3.8, 4) is 0 Å². The van der Waals surface area contributed by atoms with Crippen LogP contribution in [0.2, 0.25) is 0 Å². The van der Waals surface area contributed by atoms with Gasteiger partial charge in [-0.2, -0.15) is 0 Å². The van der Waals surface area contributed by atoms with Gasteiger partial charge in [0.2, 0.25) is 0 Å². The average Bonchev–Trinajstić information content (AvgIpc) is 2.22. The van der Waals surface area contributed by atoms with E-state index < -0.39 is 0 Å². The fraction of sp³-hybridized carbons (Fsp3) is 0.667. The second-order valence-corrected chi connectivity index (χ2v) is 4.86. The van der Waals surface area contributed by atoms with Gasteiger partial charge in [0.25, 0.3) is 0 Å². The van der Waals surface area contributed by atoms with Gasteiger partial charge in [0.15, 0.2) is 0 Å². The predicted molar refractivity (Wildman–Crippen MR) is 69.1 cm³/mol. The smallest absolute Gasteiger partial charge is 0.145 e. The Morgan fingerprint density at radius 1 is 1.31 bits per heavy atom. The van der Waals surface area contributed by atoms with Crippen LogP contribution in [-0.4, -0.2) is 21.9 Å². The van der Waals surface area contributed by atoms with Gasteiger partial charge in [-0.15, -0.1) is 11.6 Å². The fourth-order valence-corrected chi connectivity index (χ4v) is 1.75. The zero-order valence-corrected chi connectivity index (χ0v) is 11.2. The summed E-state index contributed by atoms with van der Waals surface area (Å²) in [4.78, 5) is 8.71. The van der Waals surface area contributed by atoms with Crippen molar-refractivity contribution in [1.29, 1.82) is 0 Å². The highest BCUT2D eigenvalue weighted by molar-refractivity contribution is 6.18. The first kappa shape index (κ1) is 13.2. The van der Waals surface area contributed by atoms with Crippen molar-refractivity contribution in [1.82, 2.24) is 9.97 Å².